The van der Waals surface area contributed by atoms with Crippen molar-refractivity contribution in [2.45, 2.75) is 26.4 Å². The summed E-state index contributed by atoms with van der Waals surface area (Å²) in [6.07, 6.45) is 1.69. The van der Waals surface area contributed by atoms with E-state index in [9.17, 15) is 4.79 Å². The third-order valence-electron chi connectivity index (χ3n) is 1.40. The van der Waals surface area contributed by atoms with E-state index in [-0.39, 0.29) is 12.5 Å². The number of thiophene rings is 1. The molecular weight excluding hydrogens is 210 g/mol. The molecule has 3 nitrogen and oxygen atoms in total. The Balaban J connectivity index is 2.35. The van der Waals surface area contributed by atoms with E-state index in [4.69, 9.17) is 4.74 Å². The van der Waals surface area contributed by atoms with Gasteiger partial charge >= 0.3 is 5.97 Å². The summed E-state index contributed by atoms with van der Waals surface area (Å²) in [6, 6.07) is 3.89. The second kappa shape index (κ2) is 5.07. The number of carbonyl (C=O) groups excluding carboxylic acids is 1. The first-order valence-electron chi connectivity index (χ1n) is 4.72. The lowest BCUT2D eigenvalue weighted by atomic mass is 10.2. The molecular formula is C11H15NO2S. The second-order valence-corrected chi connectivity index (χ2v) is 5.05. The second-order valence-electron chi connectivity index (χ2n) is 4.07. The van der Waals surface area contributed by atoms with Crippen LogP contribution >= 0.6 is 11.3 Å². The van der Waals surface area contributed by atoms with E-state index in [1.807, 2.05) is 38.3 Å². The Kier molecular flexibility index (Phi) is 4.03. The summed E-state index contributed by atoms with van der Waals surface area (Å²) in [4.78, 5) is 16.3. The molecule has 1 heterocycles. The van der Waals surface area contributed by atoms with E-state index in [1.54, 1.807) is 17.6 Å². The van der Waals surface area contributed by atoms with Crippen LogP contribution in [0.4, 0.5) is 0 Å². The van der Waals surface area contributed by atoms with Crippen molar-refractivity contribution in [2.75, 3.05) is 6.54 Å². The topological polar surface area (TPSA) is 38.7 Å². The molecule has 1 aromatic heterocycles. The highest BCUT2D eigenvalue weighted by molar-refractivity contribution is 7.11. The van der Waals surface area contributed by atoms with Gasteiger partial charge in [0.15, 0.2) is 0 Å². The molecule has 0 aliphatic carbocycles. The quantitative estimate of drug-likeness (QED) is 0.585. The zero-order chi connectivity index (χ0) is 11.3. The largest absolute Gasteiger partial charge is 0.459 e. The summed E-state index contributed by atoms with van der Waals surface area (Å²) in [5.74, 6) is -0.296. The Bertz CT molecular complexity index is 336. The highest BCUT2D eigenvalue weighted by Crippen LogP contribution is 2.07. The number of hydrogen-bond acceptors (Lipinski definition) is 4. The van der Waals surface area contributed by atoms with Gasteiger partial charge in [0.1, 0.15) is 12.1 Å². The zero-order valence-corrected chi connectivity index (χ0v) is 10.0. The lowest BCUT2D eigenvalue weighted by Gasteiger charge is -2.18. The van der Waals surface area contributed by atoms with Gasteiger partial charge in [0, 0.05) is 11.1 Å². The molecule has 0 bridgehead atoms. The van der Waals surface area contributed by atoms with E-state index < -0.39 is 5.60 Å². The van der Waals surface area contributed by atoms with Gasteiger partial charge in [-0.05, 0) is 32.2 Å². The molecule has 0 saturated heterocycles. The van der Waals surface area contributed by atoms with Crippen molar-refractivity contribution in [1.82, 2.24) is 0 Å². The minimum absolute atomic E-state index is 0.0785. The fourth-order valence-electron chi connectivity index (χ4n) is 0.949. The van der Waals surface area contributed by atoms with Gasteiger partial charge in [-0.15, -0.1) is 11.3 Å². The Morgan fingerprint density at radius 1 is 1.60 bits per heavy atom. The number of carbonyl (C=O) groups is 1. The zero-order valence-electron chi connectivity index (χ0n) is 9.19. The van der Waals surface area contributed by atoms with Crippen molar-refractivity contribution in [2.24, 2.45) is 4.99 Å². The maximum absolute atomic E-state index is 11.3. The molecule has 4 heteroatoms. The highest BCUT2D eigenvalue weighted by atomic mass is 32.1. The average Bonchev–Trinajstić information content (AvgIpc) is 2.53. The number of aliphatic imine (C=N–C) groups is 1. The van der Waals surface area contributed by atoms with Crippen molar-refractivity contribution in [1.29, 1.82) is 0 Å². The molecule has 0 unspecified atom stereocenters. The predicted octanol–water partition coefficient (Wildman–Crippen LogP) is 2.51. The number of esters is 1. The minimum atomic E-state index is -0.435. The molecule has 15 heavy (non-hydrogen) atoms. The van der Waals surface area contributed by atoms with Crippen LogP contribution in [0, 0.1) is 0 Å². The summed E-state index contributed by atoms with van der Waals surface area (Å²) >= 11 is 1.59. The summed E-state index contributed by atoms with van der Waals surface area (Å²) < 4.78 is 5.11. The number of nitrogens with zero attached hydrogens (tertiary/aromatic N) is 1. The van der Waals surface area contributed by atoms with Crippen LogP contribution in [0.15, 0.2) is 22.5 Å². The van der Waals surface area contributed by atoms with Crippen molar-refractivity contribution in [3.05, 3.63) is 22.4 Å². The first-order valence-corrected chi connectivity index (χ1v) is 5.60. The fourth-order valence-corrected chi connectivity index (χ4v) is 1.56. The molecule has 0 aromatic carbocycles. The first kappa shape index (κ1) is 11.9. The number of hydrogen-bond donors (Lipinski definition) is 0. The lowest BCUT2D eigenvalue weighted by molar-refractivity contribution is -0.152. The van der Waals surface area contributed by atoms with E-state index in [0.717, 1.165) is 4.88 Å². The molecule has 0 radical (unpaired) electrons. The fraction of sp³-hybridized carbons (Fsp3) is 0.455. The van der Waals surface area contributed by atoms with Gasteiger partial charge in [-0.2, -0.15) is 0 Å². The van der Waals surface area contributed by atoms with Crippen LogP contribution < -0.4 is 0 Å². The Morgan fingerprint density at radius 3 is 2.87 bits per heavy atom. The number of rotatable bonds is 3. The van der Waals surface area contributed by atoms with Crippen LogP contribution in [0.1, 0.15) is 25.6 Å². The minimum Gasteiger partial charge on any atom is -0.459 e. The molecule has 0 N–H and O–H groups in total. The first-order chi connectivity index (χ1) is 6.97. The summed E-state index contributed by atoms with van der Waals surface area (Å²) in [5.41, 5.74) is -0.435. The van der Waals surface area contributed by atoms with Crippen molar-refractivity contribution >= 4 is 23.5 Å². The molecule has 0 spiro atoms. The van der Waals surface area contributed by atoms with E-state index in [0.29, 0.717) is 0 Å². The normalized spacial score (nSPS) is 11.9. The van der Waals surface area contributed by atoms with Gasteiger partial charge in [0.2, 0.25) is 0 Å². The highest BCUT2D eigenvalue weighted by Gasteiger charge is 2.15. The monoisotopic (exact) mass is 225 g/mol. The van der Waals surface area contributed by atoms with E-state index in [2.05, 4.69) is 4.99 Å². The van der Waals surface area contributed by atoms with Crippen LogP contribution in [0.3, 0.4) is 0 Å². The van der Waals surface area contributed by atoms with Gasteiger partial charge in [-0.1, -0.05) is 6.07 Å². The van der Waals surface area contributed by atoms with Crippen LogP contribution in [0.25, 0.3) is 0 Å². The number of ether oxygens (including phenoxy) is 1. The molecule has 0 saturated carbocycles. The van der Waals surface area contributed by atoms with Gasteiger partial charge in [-0.25, -0.2) is 0 Å². The third-order valence-corrected chi connectivity index (χ3v) is 2.21. The molecule has 1 aromatic rings. The smallest absolute Gasteiger partial charge is 0.328 e. The molecule has 0 atom stereocenters. The molecule has 0 amide bonds. The standard InChI is InChI=1S/C11H15NO2S/c1-11(2,3)14-10(13)8-12-7-9-5-4-6-15-9/h4-7H,8H2,1-3H3. The Morgan fingerprint density at radius 2 is 2.33 bits per heavy atom. The molecule has 0 aliphatic heterocycles. The van der Waals surface area contributed by atoms with Crippen LogP contribution in [-0.2, 0) is 9.53 Å². The van der Waals surface area contributed by atoms with E-state index in [1.165, 1.54) is 0 Å². The van der Waals surface area contributed by atoms with Gasteiger partial charge in [-0.3, -0.25) is 9.79 Å². The summed E-state index contributed by atoms with van der Waals surface area (Å²) in [6.45, 7) is 5.60. The summed E-state index contributed by atoms with van der Waals surface area (Å²) in [7, 11) is 0. The Hall–Kier alpha value is -1.16. The molecule has 0 fully saturated rings. The predicted molar refractivity (Wildman–Crippen MR) is 62.6 cm³/mol. The molecule has 82 valence electrons. The van der Waals surface area contributed by atoms with Crippen LogP contribution in [0.5, 0.6) is 0 Å². The van der Waals surface area contributed by atoms with Gasteiger partial charge in [0.05, 0.1) is 0 Å². The van der Waals surface area contributed by atoms with Gasteiger partial charge in [0.25, 0.3) is 0 Å². The summed E-state index contributed by atoms with van der Waals surface area (Å²) in [5, 5.41) is 1.97. The lowest BCUT2D eigenvalue weighted by Crippen LogP contribution is -2.25. The molecule has 1 rings (SSSR count). The van der Waals surface area contributed by atoms with Crippen molar-refractivity contribution in [3.8, 4) is 0 Å². The van der Waals surface area contributed by atoms with Gasteiger partial charge < -0.3 is 4.74 Å². The van der Waals surface area contributed by atoms with Crippen molar-refractivity contribution in [3.63, 3.8) is 0 Å². The van der Waals surface area contributed by atoms with E-state index >= 15 is 0 Å². The average molecular weight is 225 g/mol. The van der Waals surface area contributed by atoms with Crippen molar-refractivity contribution < 1.29 is 9.53 Å². The van der Waals surface area contributed by atoms with Crippen LogP contribution in [0.2, 0.25) is 0 Å². The molecule has 0 aliphatic rings. The maximum Gasteiger partial charge on any atom is 0.328 e. The Labute approximate surface area is 93.8 Å². The maximum atomic E-state index is 11.3. The SMILES string of the molecule is CC(C)(C)OC(=O)CN=Cc1cccs1. The van der Waals surface area contributed by atoms with Crippen LogP contribution in [-0.4, -0.2) is 24.3 Å². The third kappa shape index (κ3) is 5.32.